The lowest BCUT2D eigenvalue weighted by Crippen LogP contribution is -2.47. The summed E-state index contributed by atoms with van der Waals surface area (Å²) >= 11 is 1.65. The highest BCUT2D eigenvalue weighted by atomic mass is 32.1. The molecule has 3 heterocycles. The molecule has 21 heavy (non-hydrogen) atoms. The van der Waals surface area contributed by atoms with E-state index < -0.39 is 0 Å². The summed E-state index contributed by atoms with van der Waals surface area (Å²) in [6.07, 6.45) is 7.43. The van der Waals surface area contributed by atoms with Gasteiger partial charge in [-0.05, 0) is 75.0 Å². The van der Waals surface area contributed by atoms with Crippen LogP contribution in [0.5, 0.6) is 0 Å². The lowest BCUT2D eigenvalue weighted by Gasteiger charge is -2.33. The van der Waals surface area contributed by atoms with Gasteiger partial charge in [0.2, 0.25) is 0 Å². The number of likely N-dealkylation sites (N-methyl/N-ethyl adjacent to an activating group) is 1. The molecule has 3 fully saturated rings. The fourth-order valence-electron chi connectivity index (χ4n) is 4.21. The highest BCUT2D eigenvalue weighted by Crippen LogP contribution is 2.44. The number of thiophene rings is 1. The van der Waals surface area contributed by atoms with Crippen LogP contribution in [0.4, 0.5) is 0 Å². The Labute approximate surface area is 130 Å². The molecule has 3 aliphatic rings. The number of carbonyl (C=O) groups excluding carboxylic acids is 1. The summed E-state index contributed by atoms with van der Waals surface area (Å²) < 4.78 is 0. The third kappa shape index (κ3) is 2.42. The Morgan fingerprint density at radius 1 is 1.14 bits per heavy atom. The van der Waals surface area contributed by atoms with Crippen LogP contribution in [0, 0.1) is 0 Å². The Morgan fingerprint density at radius 2 is 1.90 bits per heavy atom. The van der Waals surface area contributed by atoms with Crippen molar-refractivity contribution in [2.75, 3.05) is 20.1 Å². The van der Waals surface area contributed by atoms with Gasteiger partial charge in [-0.25, -0.2) is 0 Å². The van der Waals surface area contributed by atoms with E-state index in [-0.39, 0.29) is 0 Å². The van der Waals surface area contributed by atoms with E-state index in [1.54, 1.807) is 11.3 Å². The number of likely N-dealkylation sites (tertiary alicyclic amines) is 2. The van der Waals surface area contributed by atoms with Gasteiger partial charge in [-0.15, -0.1) is 11.3 Å². The number of nitrogens with zero attached hydrogens (tertiary/aromatic N) is 2. The van der Waals surface area contributed by atoms with Crippen LogP contribution in [0.15, 0.2) is 11.4 Å². The van der Waals surface area contributed by atoms with E-state index >= 15 is 0 Å². The van der Waals surface area contributed by atoms with Gasteiger partial charge in [0.25, 0.3) is 5.91 Å². The molecule has 1 amide bonds. The second-order valence-corrected chi connectivity index (χ2v) is 7.79. The second kappa shape index (κ2) is 5.40. The second-order valence-electron chi connectivity index (χ2n) is 6.88. The van der Waals surface area contributed by atoms with Crippen LogP contribution in [0.1, 0.15) is 59.7 Å². The molecule has 4 heteroatoms. The zero-order valence-electron chi connectivity index (χ0n) is 12.8. The highest BCUT2D eigenvalue weighted by molar-refractivity contribution is 7.12. The van der Waals surface area contributed by atoms with Gasteiger partial charge < -0.3 is 9.80 Å². The summed E-state index contributed by atoms with van der Waals surface area (Å²) in [6.45, 7) is 2.14. The molecule has 2 atom stereocenters. The molecule has 0 N–H and O–H groups in total. The smallest absolute Gasteiger partial charge is 0.264 e. The largest absolute Gasteiger partial charge is 0.333 e. The van der Waals surface area contributed by atoms with Gasteiger partial charge in [0.15, 0.2) is 0 Å². The molecule has 1 saturated carbocycles. The van der Waals surface area contributed by atoms with E-state index in [4.69, 9.17) is 0 Å². The van der Waals surface area contributed by atoms with E-state index in [0.717, 1.165) is 11.4 Å². The number of hydrogen-bond acceptors (Lipinski definition) is 3. The Hall–Kier alpha value is -0.870. The topological polar surface area (TPSA) is 23.6 Å². The fourth-order valence-corrected chi connectivity index (χ4v) is 5.15. The van der Waals surface area contributed by atoms with Crippen LogP contribution < -0.4 is 0 Å². The number of hydrogen-bond donors (Lipinski definition) is 0. The van der Waals surface area contributed by atoms with Crippen LogP contribution in [0.25, 0.3) is 0 Å². The van der Waals surface area contributed by atoms with Gasteiger partial charge in [0.1, 0.15) is 0 Å². The molecular weight excluding hydrogens is 280 g/mol. The fraction of sp³-hybridized carbons (Fsp3) is 0.706. The quantitative estimate of drug-likeness (QED) is 0.855. The van der Waals surface area contributed by atoms with Gasteiger partial charge in [0, 0.05) is 18.6 Å². The van der Waals surface area contributed by atoms with Crippen LogP contribution in [0.3, 0.4) is 0 Å². The first-order chi connectivity index (χ1) is 10.3. The monoisotopic (exact) mass is 304 g/mol. The summed E-state index contributed by atoms with van der Waals surface area (Å²) in [6, 6.07) is 3.21. The van der Waals surface area contributed by atoms with Crippen molar-refractivity contribution < 1.29 is 4.79 Å². The zero-order valence-corrected chi connectivity index (χ0v) is 13.6. The highest BCUT2D eigenvalue weighted by Gasteiger charge is 2.40. The van der Waals surface area contributed by atoms with Crippen LogP contribution in [-0.4, -0.2) is 47.9 Å². The van der Waals surface area contributed by atoms with Gasteiger partial charge in [-0.1, -0.05) is 0 Å². The van der Waals surface area contributed by atoms with Crippen molar-refractivity contribution >= 4 is 17.2 Å². The minimum atomic E-state index is 0.315. The van der Waals surface area contributed by atoms with E-state index in [1.165, 1.54) is 50.6 Å². The Balaban J connectivity index is 1.56. The van der Waals surface area contributed by atoms with Gasteiger partial charge in [-0.3, -0.25) is 4.79 Å². The minimum absolute atomic E-state index is 0.315. The third-order valence-electron chi connectivity index (χ3n) is 5.49. The SMILES string of the molecule is CN1CCCC1C1CCCN1C(=O)c1sccc1C1CC1. The molecule has 0 spiro atoms. The summed E-state index contributed by atoms with van der Waals surface area (Å²) in [5.74, 6) is 0.986. The number of rotatable bonds is 3. The van der Waals surface area contributed by atoms with Gasteiger partial charge in [0.05, 0.1) is 4.88 Å². The summed E-state index contributed by atoms with van der Waals surface area (Å²) in [5, 5.41) is 2.10. The maximum atomic E-state index is 13.1. The van der Waals surface area contributed by atoms with Crippen molar-refractivity contribution in [3.8, 4) is 0 Å². The van der Waals surface area contributed by atoms with Crippen molar-refractivity contribution in [1.29, 1.82) is 0 Å². The van der Waals surface area contributed by atoms with Gasteiger partial charge in [-0.2, -0.15) is 0 Å². The number of amides is 1. The van der Waals surface area contributed by atoms with Gasteiger partial charge >= 0.3 is 0 Å². The average molecular weight is 304 g/mol. The molecule has 1 aromatic rings. The first-order valence-electron chi connectivity index (χ1n) is 8.34. The van der Waals surface area contributed by atoms with Crippen LogP contribution in [-0.2, 0) is 0 Å². The van der Waals surface area contributed by atoms with E-state index in [0.29, 0.717) is 23.9 Å². The molecule has 3 nitrogen and oxygen atoms in total. The average Bonchev–Trinajstić information content (AvgIpc) is 2.93. The summed E-state index contributed by atoms with van der Waals surface area (Å²) in [4.78, 5) is 18.7. The molecule has 4 rings (SSSR count). The van der Waals surface area contributed by atoms with E-state index in [2.05, 4.69) is 28.3 Å². The standard InChI is InChI=1S/C17H24N2OS/c1-18-9-2-4-14(18)15-5-3-10-19(15)17(20)16-13(8-11-21-16)12-6-7-12/h8,11-12,14-15H,2-7,9-10H2,1H3. The Bertz CT molecular complexity index is 537. The molecular formula is C17H24N2OS. The normalized spacial score (nSPS) is 30.2. The Kier molecular flexibility index (Phi) is 3.54. The molecule has 0 bridgehead atoms. The molecule has 2 aliphatic heterocycles. The van der Waals surface area contributed by atoms with E-state index in [1.807, 2.05) is 0 Å². The van der Waals surface area contributed by atoms with Crippen molar-refractivity contribution in [3.63, 3.8) is 0 Å². The van der Waals surface area contributed by atoms with Crippen LogP contribution in [0.2, 0.25) is 0 Å². The molecule has 0 radical (unpaired) electrons. The third-order valence-corrected chi connectivity index (χ3v) is 6.41. The lowest BCUT2D eigenvalue weighted by molar-refractivity contribution is 0.0668. The maximum absolute atomic E-state index is 13.1. The van der Waals surface area contributed by atoms with Crippen LogP contribution >= 0.6 is 11.3 Å². The predicted octanol–water partition coefficient (Wildman–Crippen LogP) is 3.32. The van der Waals surface area contributed by atoms with Crippen molar-refractivity contribution in [2.45, 2.75) is 56.5 Å². The van der Waals surface area contributed by atoms with Crippen molar-refractivity contribution in [3.05, 3.63) is 21.9 Å². The summed E-state index contributed by atoms with van der Waals surface area (Å²) in [5.41, 5.74) is 1.33. The minimum Gasteiger partial charge on any atom is -0.333 e. The van der Waals surface area contributed by atoms with Crippen molar-refractivity contribution in [1.82, 2.24) is 9.80 Å². The summed E-state index contributed by atoms with van der Waals surface area (Å²) in [7, 11) is 2.22. The molecule has 1 aromatic heterocycles. The molecule has 1 aliphatic carbocycles. The first-order valence-corrected chi connectivity index (χ1v) is 9.22. The molecule has 2 saturated heterocycles. The van der Waals surface area contributed by atoms with Crippen molar-refractivity contribution in [2.24, 2.45) is 0 Å². The predicted molar refractivity (Wildman–Crippen MR) is 86.0 cm³/mol. The molecule has 114 valence electrons. The molecule has 2 unspecified atom stereocenters. The lowest BCUT2D eigenvalue weighted by atomic mass is 10.0. The zero-order chi connectivity index (χ0) is 14.4. The first kappa shape index (κ1) is 13.8. The number of carbonyl (C=O) groups is 1. The Morgan fingerprint density at radius 3 is 2.62 bits per heavy atom. The molecule has 0 aromatic carbocycles. The van der Waals surface area contributed by atoms with E-state index in [9.17, 15) is 4.79 Å². The maximum Gasteiger partial charge on any atom is 0.264 e.